The fraction of sp³-hybridized carbons (Fsp3) is 0.316. The van der Waals surface area contributed by atoms with Crippen LogP contribution in [-0.2, 0) is 0 Å². The van der Waals surface area contributed by atoms with Crippen LogP contribution < -0.4 is 5.56 Å². The summed E-state index contributed by atoms with van der Waals surface area (Å²) in [6, 6.07) is 11.4. The maximum absolute atomic E-state index is 12.6. The summed E-state index contributed by atoms with van der Waals surface area (Å²) >= 11 is 0. The molecule has 0 spiro atoms. The lowest BCUT2D eigenvalue weighted by molar-refractivity contribution is 0.0709. The fourth-order valence-corrected chi connectivity index (χ4v) is 3.43. The van der Waals surface area contributed by atoms with Gasteiger partial charge in [0, 0.05) is 24.7 Å². The zero-order chi connectivity index (χ0) is 17.4. The number of benzene rings is 1. The number of aromatic nitrogens is 3. The smallest absolute Gasteiger partial charge is 0.260 e. The van der Waals surface area contributed by atoms with Crippen molar-refractivity contribution >= 4 is 16.9 Å². The highest BCUT2D eigenvalue weighted by Crippen LogP contribution is 2.28. The van der Waals surface area contributed by atoms with Crippen LogP contribution in [0.2, 0.25) is 0 Å². The van der Waals surface area contributed by atoms with E-state index in [1.54, 1.807) is 24.0 Å². The maximum atomic E-state index is 12.6. The van der Waals surface area contributed by atoms with Crippen LogP contribution in [0.1, 0.15) is 40.6 Å². The lowest BCUT2D eigenvalue weighted by Gasteiger charge is -2.31. The largest absolute Gasteiger partial charge is 0.342 e. The summed E-state index contributed by atoms with van der Waals surface area (Å²) in [6.07, 6.45) is 1.69. The predicted octanol–water partition coefficient (Wildman–Crippen LogP) is 2.58. The second-order valence-corrected chi connectivity index (χ2v) is 6.59. The number of likely N-dealkylation sites (tertiary alicyclic amines) is 1. The SMILES string of the molecule is Cc1ccc(C(=O)N2CCC(c3nc4ccccc4[nH]3)CC2)c(=O)[nH]1. The van der Waals surface area contributed by atoms with Gasteiger partial charge in [0.05, 0.1) is 11.0 Å². The minimum Gasteiger partial charge on any atom is -0.342 e. The summed E-state index contributed by atoms with van der Waals surface area (Å²) < 4.78 is 0. The number of carbonyl (C=O) groups excluding carboxylic acids is 1. The van der Waals surface area contributed by atoms with E-state index < -0.39 is 0 Å². The van der Waals surface area contributed by atoms with Crippen molar-refractivity contribution in [2.75, 3.05) is 13.1 Å². The Morgan fingerprint density at radius 1 is 1.12 bits per heavy atom. The minimum atomic E-state index is -0.315. The van der Waals surface area contributed by atoms with E-state index >= 15 is 0 Å². The van der Waals surface area contributed by atoms with Crippen molar-refractivity contribution in [1.29, 1.82) is 0 Å². The van der Waals surface area contributed by atoms with Gasteiger partial charge in [-0.1, -0.05) is 12.1 Å². The third kappa shape index (κ3) is 2.95. The number of hydrogen-bond acceptors (Lipinski definition) is 3. The Bertz CT molecular complexity index is 947. The van der Waals surface area contributed by atoms with E-state index in [0.29, 0.717) is 19.0 Å². The molecule has 0 aliphatic carbocycles. The molecule has 1 aliphatic rings. The molecule has 0 atom stereocenters. The zero-order valence-corrected chi connectivity index (χ0v) is 14.1. The molecular weight excluding hydrogens is 316 g/mol. The number of amides is 1. The van der Waals surface area contributed by atoms with Gasteiger partial charge in [-0.2, -0.15) is 0 Å². The van der Waals surface area contributed by atoms with Gasteiger partial charge in [-0.25, -0.2) is 4.98 Å². The van der Waals surface area contributed by atoms with E-state index in [9.17, 15) is 9.59 Å². The van der Waals surface area contributed by atoms with Gasteiger partial charge in [-0.15, -0.1) is 0 Å². The first-order valence-corrected chi connectivity index (χ1v) is 8.55. The number of fused-ring (bicyclic) bond motifs is 1. The van der Waals surface area contributed by atoms with Crippen molar-refractivity contribution in [3.63, 3.8) is 0 Å². The third-order valence-corrected chi connectivity index (χ3v) is 4.86. The molecule has 1 aliphatic heterocycles. The second-order valence-electron chi connectivity index (χ2n) is 6.59. The van der Waals surface area contributed by atoms with Crippen molar-refractivity contribution in [2.45, 2.75) is 25.7 Å². The van der Waals surface area contributed by atoms with E-state index in [2.05, 4.69) is 15.0 Å². The number of aryl methyl sites for hydroxylation is 1. The fourth-order valence-electron chi connectivity index (χ4n) is 3.43. The molecule has 25 heavy (non-hydrogen) atoms. The lowest BCUT2D eigenvalue weighted by atomic mass is 9.95. The number of carbonyl (C=O) groups is 1. The Hall–Kier alpha value is -2.89. The van der Waals surface area contributed by atoms with Gasteiger partial charge >= 0.3 is 0 Å². The molecule has 1 fully saturated rings. The van der Waals surface area contributed by atoms with Gasteiger partial charge < -0.3 is 14.9 Å². The van der Waals surface area contributed by atoms with Crippen molar-refractivity contribution < 1.29 is 4.79 Å². The standard InChI is InChI=1S/C19H20N4O2/c1-12-6-7-14(18(24)20-12)19(25)23-10-8-13(9-11-23)17-21-15-4-2-3-5-16(15)22-17/h2-7,13H,8-11H2,1H3,(H,20,24)(H,21,22). The van der Waals surface area contributed by atoms with Crippen LogP contribution in [0.25, 0.3) is 11.0 Å². The molecule has 0 unspecified atom stereocenters. The van der Waals surface area contributed by atoms with E-state index in [4.69, 9.17) is 0 Å². The molecule has 3 heterocycles. The molecule has 4 rings (SSSR count). The van der Waals surface area contributed by atoms with Gasteiger partial charge in [0.15, 0.2) is 0 Å². The molecule has 3 aromatic rings. The van der Waals surface area contributed by atoms with E-state index in [1.165, 1.54) is 0 Å². The highest BCUT2D eigenvalue weighted by atomic mass is 16.2. The van der Waals surface area contributed by atoms with Crippen LogP contribution in [0.3, 0.4) is 0 Å². The second kappa shape index (κ2) is 6.20. The van der Waals surface area contributed by atoms with Gasteiger partial charge in [0.25, 0.3) is 11.5 Å². The Balaban J connectivity index is 1.47. The Morgan fingerprint density at radius 3 is 2.60 bits per heavy atom. The summed E-state index contributed by atoms with van der Waals surface area (Å²) in [5, 5.41) is 0. The third-order valence-electron chi connectivity index (χ3n) is 4.86. The van der Waals surface area contributed by atoms with Crippen molar-refractivity contribution in [3.05, 3.63) is 63.8 Å². The van der Waals surface area contributed by atoms with Crippen LogP contribution >= 0.6 is 0 Å². The number of piperidine rings is 1. The van der Waals surface area contributed by atoms with Crippen LogP contribution in [0.4, 0.5) is 0 Å². The van der Waals surface area contributed by atoms with Gasteiger partial charge in [-0.05, 0) is 44.0 Å². The van der Waals surface area contributed by atoms with Crippen molar-refractivity contribution in [3.8, 4) is 0 Å². The molecule has 2 N–H and O–H groups in total. The van der Waals surface area contributed by atoms with Crippen molar-refractivity contribution in [1.82, 2.24) is 19.9 Å². The van der Waals surface area contributed by atoms with Crippen LogP contribution in [0.5, 0.6) is 0 Å². The highest BCUT2D eigenvalue weighted by molar-refractivity contribution is 5.93. The molecule has 6 nitrogen and oxygen atoms in total. The number of hydrogen-bond donors (Lipinski definition) is 2. The van der Waals surface area contributed by atoms with Crippen LogP contribution in [0, 0.1) is 6.92 Å². The summed E-state index contributed by atoms with van der Waals surface area (Å²) in [5.41, 5.74) is 2.67. The van der Waals surface area contributed by atoms with Gasteiger partial charge in [-0.3, -0.25) is 9.59 Å². The van der Waals surface area contributed by atoms with E-state index in [0.717, 1.165) is 35.4 Å². The van der Waals surface area contributed by atoms with Crippen LogP contribution in [-0.4, -0.2) is 38.8 Å². The quantitative estimate of drug-likeness (QED) is 0.754. The molecule has 2 aromatic heterocycles. The number of pyridine rings is 1. The van der Waals surface area contributed by atoms with Gasteiger partial charge in [0.2, 0.25) is 0 Å². The molecule has 6 heteroatoms. The first kappa shape index (κ1) is 15.6. The first-order chi connectivity index (χ1) is 12.1. The summed E-state index contributed by atoms with van der Waals surface area (Å²) in [4.78, 5) is 37.1. The summed E-state index contributed by atoms with van der Waals surface area (Å²) in [7, 11) is 0. The highest BCUT2D eigenvalue weighted by Gasteiger charge is 2.27. The van der Waals surface area contributed by atoms with Gasteiger partial charge in [0.1, 0.15) is 11.4 Å². The molecule has 0 bridgehead atoms. The molecule has 0 radical (unpaired) electrons. The number of aromatic amines is 2. The number of para-hydroxylation sites is 2. The molecule has 0 saturated carbocycles. The first-order valence-electron chi connectivity index (χ1n) is 8.55. The number of imidazole rings is 1. The predicted molar refractivity (Wildman–Crippen MR) is 95.8 cm³/mol. The molecule has 1 amide bonds. The molecule has 1 aromatic carbocycles. The molecular formula is C19H20N4O2. The molecule has 128 valence electrons. The van der Waals surface area contributed by atoms with Crippen molar-refractivity contribution in [2.24, 2.45) is 0 Å². The number of nitrogens with one attached hydrogen (secondary N) is 2. The molecule has 1 saturated heterocycles. The van der Waals surface area contributed by atoms with E-state index in [-0.39, 0.29) is 17.0 Å². The number of rotatable bonds is 2. The maximum Gasteiger partial charge on any atom is 0.260 e. The number of nitrogens with zero attached hydrogens (tertiary/aromatic N) is 2. The zero-order valence-electron chi connectivity index (χ0n) is 14.1. The summed E-state index contributed by atoms with van der Waals surface area (Å²) in [5.74, 6) is 1.11. The monoisotopic (exact) mass is 336 g/mol. The average molecular weight is 336 g/mol. The summed E-state index contributed by atoms with van der Waals surface area (Å²) in [6.45, 7) is 3.07. The Kier molecular flexibility index (Phi) is 3.87. The Morgan fingerprint density at radius 2 is 1.88 bits per heavy atom. The minimum absolute atomic E-state index is 0.190. The van der Waals surface area contributed by atoms with E-state index in [1.807, 2.05) is 24.3 Å². The van der Waals surface area contributed by atoms with Crippen LogP contribution in [0.15, 0.2) is 41.2 Å². The lowest BCUT2D eigenvalue weighted by Crippen LogP contribution is -2.40. The number of H-pyrrole nitrogens is 2. The Labute approximate surface area is 144 Å². The average Bonchev–Trinajstić information content (AvgIpc) is 3.05. The topological polar surface area (TPSA) is 81.8 Å². The normalized spacial score (nSPS) is 15.6.